The largest absolute Gasteiger partial charge is 0.385 e. The summed E-state index contributed by atoms with van der Waals surface area (Å²) in [5.41, 5.74) is 1.28. The van der Waals surface area contributed by atoms with Gasteiger partial charge in [-0.2, -0.15) is 0 Å². The molecule has 0 fully saturated rings. The molecule has 2 heterocycles. The first-order valence-corrected chi connectivity index (χ1v) is 4.95. The fourth-order valence-electron chi connectivity index (χ4n) is 1.49. The van der Waals surface area contributed by atoms with Crippen molar-refractivity contribution in [1.82, 2.24) is 9.97 Å². The van der Waals surface area contributed by atoms with E-state index in [0.29, 0.717) is 11.1 Å². The van der Waals surface area contributed by atoms with Gasteiger partial charge in [0.05, 0.1) is 0 Å². The van der Waals surface area contributed by atoms with Crippen LogP contribution >= 0.6 is 0 Å². The quantitative estimate of drug-likeness (QED) is 0.810. The molecular weight excluding hydrogens is 204 g/mol. The molecule has 0 aliphatic carbocycles. The highest BCUT2D eigenvalue weighted by atomic mass is 16.3. The molecule has 0 amide bonds. The lowest BCUT2D eigenvalue weighted by atomic mass is 10.0. The Kier molecular flexibility index (Phi) is 3.24. The van der Waals surface area contributed by atoms with E-state index in [-0.39, 0.29) is 0 Å². The minimum Gasteiger partial charge on any atom is -0.385 e. The summed E-state index contributed by atoms with van der Waals surface area (Å²) in [6, 6.07) is 6.70. The van der Waals surface area contributed by atoms with Crippen molar-refractivity contribution in [2.24, 2.45) is 0 Å². The lowest BCUT2D eigenvalue weighted by Gasteiger charge is -2.17. The summed E-state index contributed by atoms with van der Waals surface area (Å²) >= 11 is 0. The monoisotopic (exact) mass is 216 g/mol. The van der Waals surface area contributed by atoms with Gasteiger partial charge in [0.1, 0.15) is 12.2 Å². The number of nitrogens with zero attached hydrogens (tertiary/aromatic N) is 2. The highest BCUT2D eigenvalue weighted by molar-refractivity contribution is 5.21. The topological polar surface area (TPSA) is 66.2 Å². The molecule has 4 nitrogen and oxygen atoms in total. The Bertz CT molecular complexity index is 390. The average Bonchev–Trinajstić information content (AvgIpc) is 2.39. The van der Waals surface area contributed by atoms with Gasteiger partial charge >= 0.3 is 0 Å². The third-order valence-electron chi connectivity index (χ3n) is 2.39. The third kappa shape index (κ3) is 2.24. The molecule has 16 heavy (non-hydrogen) atoms. The number of rotatable bonds is 3. The molecule has 0 saturated carbocycles. The summed E-state index contributed by atoms with van der Waals surface area (Å²) in [4.78, 5) is 7.71. The van der Waals surface area contributed by atoms with Crippen LogP contribution in [-0.2, 0) is 0 Å². The molecule has 0 bridgehead atoms. The summed E-state index contributed by atoms with van der Waals surface area (Å²) in [7, 11) is 0. The predicted octanol–water partition coefficient (Wildman–Crippen LogP) is 1.24. The Hall–Kier alpha value is -1.78. The van der Waals surface area contributed by atoms with E-state index in [2.05, 4.69) is 9.97 Å². The van der Waals surface area contributed by atoms with Gasteiger partial charge in [-0.1, -0.05) is 0 Å². The summed E-state index contributed by atoms with van der Waals surface area (Å²) in [6.07, 6.45) is 4.42. The lowest BCUT2D eigenvalue weighted by molar-refractivity contribution is 0.0171. The molecule has 0 saturated heterocycles. The number of aliphatic hydroxyl groups is 2. The number of aliphatic hydroxyl groups excluding tert-OH is 2. The van der Waals surface area contributed by atoms with Crippen molar-refractivity contribution in [3.63, 3.8) is 0 Å². The van der Waals surface area contributed by atoms with Gasteiger partial charge in [0.15, 0.2) is 0 Å². The molecule has 0 radical (unpaired) electrons. The van der Waals surface area contributed by atoms with Crippen LogP contribution in [0.4, 0.5) is 0 Å². The van der Waals surface area contributed by atoms with E-state index in [0.717, 1.165) is 0 Å². The first-order chi connectivity index (χ1) is 7.79. The molecule has 2 aromatic rings. The van der Waals surface area contributed by atoms with Crippen LogP contribution in [-0.4, -0.2) is 20.2 Å². The average molecular weight is 216 g/mol. The molecule has 0 aliphatic heterocycles. The van der Waals surface area contributed by atoms with Crippen molar-refractivity contribution in [3.8, 4) is 0 Å². The normalized spacial score (nSPS) is 14.4. The van der Waals surface area contributed by atoms with Crippen LogP contribution in [0, 0.1) is 0 Å². The predicted molar refractivity (Wildman–Crippen MR) is 58.4 cm³/mol. The summed E-state index contributed by atoms with van der Waals surface area (Å²) < 4.78 is 0. The van der Waals surface area contributed by atoms with Crippen LogP contribution in [0.5, 0.6) is 0 Å². The van der Waals surface area contributed by atoms with Gasteiger partial charge in [-0.15, -0.1) is 0 Å². The molecule has 0 spiro atoms. The van der Waals surface area contributed by atoms with Gasteiger partial charge in [0.25, 0.3) is 0 Å². The van der Waals surface area contributed by atoms with Crippen molar-refractivity contribution in [1.29, 1.82) is 0 Å². The molecule has 2 N–H and O–H groups in total. The molecule has 82 valence electrons. The maximum absolute atomic E-state index is 9.94. The van der Waals surface area contributed by atoms with Gasteiger partial charge in [-0.3, -0.25) is 9.97 Å². The third-order valence-corrected chi connectivity index (χ3v) is 2.39. The molecular formula is C12H12N2O2. The second kappa shape index (κ2) is 4.83. The minimum absolute atomic E-state index is 0.638. The van der Waals surface area contributed by atoms with Crippen LogP contribution in [0.3, 0.4) is 0 Å². The van der Waals surface area contributed by atoms with Gasteiger partial charge in [0, 0.05) is 24.8 Å². The van der Waals surface area contributed by atoms with Crippen molar-refractivity contribution in [2.75, 3.05) is 0 Å². The van der Waals surface area contributed by atoms with Gasteiger partial charge in [-0.25, -0.2) is 0 Å². The number of hydrogen-bond donors (Lipinski definition) is 2. The van der Waals surface area contributed by atoms with Crippen LogP contribution in [0.25, 0.3) is 0 Å². The zero-order chi connectivity index (χ0) is 11.4. The Balaban J connectivity index is 2.20. The number of aromatic nitrogens is 2. The number of pyridine rings is 2. The van der Waals surface area contributed by atoms with E-state index in [4.69, 9.17) is 0 Å². The molecule has 2 aromatic heterocycles. The minimum atomic E-state index is -0.953. The Morgan fingerprint density at radius 1 is 0.688 bits per heavy atom. The highest BCUT2D eigenvalue weighted by Gasteiger charge is 2.19. The maximum Gasteiger partial charge on any atom is 0.109 e. The Morgan fingerprint density at radius 2 is 1.00 bits per heavy atom. The first kappa shape index (κ1) is 10.7. The van der Waals surface area contributed by atoms with E-state index in [1.807, 2.05) is 0 Å². The summed E-state index contributed by atoms with van der Waals surface area (Å²) in [5.74, 6) is 0. The van der Waals surface area contributed by atoms with Crippen LogP contribution in [0.2, 0.25) is 0 Å². The molecule has 0 unspecified atom stereocenters. The van der Waals surface area contributed by atoms with Crippen molar-refractivity contribution >= 4 is 0 Å². The SMILES string of the molecule is O[C@@H](c1ccncc1)[C@@H](O)c1ccncc1. The van der Waals surface area contributed by atoms with Gasteiger partial charge in [-0.05, 0) is 35.4 Å². The smallest absolute Gasteiger partial charge is 0.109 e. The Morgan fingerprint density at radius 3 is 1.31 bits per heavy atom. The van der Waals surface area contributed by atoms with E-state index in [1.165, 1.54) is 0 Å². The van der Waals surface area contributed by atoms with Crippen LogP contribution < -0.4 is 0 Å². The molecule has 0 aromatic carbocycles. The fraction of sp³-hybridized carbons (Fsp3) is 0.167. The molecule has 2 rings (SSSR count). The van der Waals surface area contributed by atoms with Crippen LogP contribution in [0.15, 0.2) is 49.1 Å². The summed E-state index contributed by atoms with van der Waals surface area (Å²) in [6.45, 7) is 0. The zero-order valence-electron chi connectivity index (χ0n) is 8.56. The van der Waals surface area contributed by atoms with Gasteiger partial charge in [0.2, 0.25) is 0 Å². The molecule has 0 aliphatic rings. The van der Waals surface area contributed by atoms with E-state index in [1.54, 1.807) is 49.1 Å². The van der Waals surface area contributed by atoms with E-state index < -0.39 is 12.2 Å². The number of hydrogen-bond acceptors (Lipinski definition) is 4. The van der Waals surface area contributed by atoms with Crippen LogP contribution in [0.1, 0.15) is 23.3 Å². The first-order valence-electron chi connectivity index (χ1n) is 4.95. The highest BCUT2D eigenvalue weighted by Crippen LogP contribution is 2.27. The van der Waals surface area contributed by atoms with E-state index in [9.17, 15) is 10.2 Å². The van der Waals surface area contributed by atoms with Crippen molar-refractivity contribution in [3.05, 3.63) is 60.2 Å². The zero-order valence-corrected chi connectivity index (χ0v) is 8.56. The maximum atomic E-state index is 9.94. The second-order valence-corrected chi connectivity index (χ2v) is 3.45. The standard InChI is InChI=1S/C12H12N2O2/c15-11(9-1-5-13-6-2-9)12(16)10-3-7-14-8-4-10/h1-8,11-12,15-16H/t11-,12-/m0/s1. The lowest BCUT2D eigenvalue weighted by Crippen LogP contribution is -2.10. The summed E-state index contributed by atoms with van der Waals surface area (Å²) in [5, 5.41) is 19.9. The van der Waals surface area contributed by atoms with Gasteiger partial charge < -0.3 is 10.2 Å². The Labute approximate surface area is 93.2 Å². The molecule has 4 heteroatoms. The fourth-order valence-corrected chi connectivity index (χ4v) is 1.49. The van der Waals surface area contributed by atoms with Crippen molar-refractivity contribution < 1.29 is 10.2 Å². The molecule has 2 atom stereocenters. The van der Waals surface area contributed by atoms with E-state index >= 15 is 0 Å². The second-order valence-electron chi connectivity index (χ2n) is 3.45. The van der Waals surface area contributed by atoms with Crippen molar-refractivity contribution in [2.45, 2.75) is 12.2 Å².